The first kappa shape index (κ1) is 30.6. The summed E-state index contributed by atoms with van der Waals surface area (Å²) in [5.41, 5.74) is 13.5. The Kier molecular flexibility index (Phi) is 6.19. The lowest BCUT2D eigenvalue weighted by Crippen LogP contribution is -2.60. The van der Waals surface area contributed by atoms with Crippen LogP contribution in [0.2, 0.25) is 0 Å². The molecule has 0 atom stereocenters. The zero-order valence-electron chi connectivity index (χ0n) is 30.2. The molecular weight excluding hydrogens is 647 g/mol. The second-order valence-corrected chi connectivity index (χ2v) is 15.6. The Balaban J connectivity index is 1.33. The average molecular weight is 685 g/mol. The minimum Gasteiger partial charge on any atom is -0.457 e. The third-order valence-electron chi connectivity index (χ3n) is 12.2. The number of para-hydroxylation sites is 2. The van der Waals surface area contributed by atoms with E-state index >= 15 is 4.79 Å². The number of aromatic nitrogens is 2. The second kappa shape index (κ2) is 10.7. The van der Waals surface area contributed by atoms with Gasteiger partial charge in [0.1, 0.15) is 11.5 Å². The molecule has 3 aliphatic rings. The number of rotatable bonds is 3. The maximum absolute atomic E-state index is 15.1. The van der Waals surface area contributed by atoms with Gasteiger partial charge in [-0.25, -0.2) is 0 Å². The number of ether oxygens (including phenoxy) is 1. The van der Waals surface area contributed by atoms with Crippen LogP contribution >= 0.6 is 0 Å². The van der Waals surface area contributed by atoms with E-state index in [1.807, 2.05) is 12.1 Å². The number of hydrogen-bond donors (Lipinski definition) is 0. The fraction of sp³-hybridized carbons (Fsp3) is 0.146. The summed E-state index contributed by atoms with van der Waals surface area (Å²) in [5.74, 6) is 2.41. The van der Waals surface area contributed by atoms with Crippen molar-refractivity contribution in [1.29, 1.82) is 0 Å². The summed E-state index contributed by atoms with van der Waals surface area (Å²) in [4.78, 5) is 15.1. The molecule has 0 saturated carbocycles. The predicted octanol–water partition coefficient (Wildman–Crippen LogP) is 9.63. The van der Waals surface area contributed by atoms with Gasteiger partial charge in [0.25, 0.3) is 5.56 Å². The highest BCUT2D eigenvalue weighted by atomic mass is 16.5. The molecule has 5 heteroatoms. The Bertz CT molecular complexity index is 2860. The predicted molar refractivity (Wildman–Crippen MR) is 217 cm³/mol. The van der Waals surface area contributed by atoms with Crippen LogP contribution in [-0.4, -0.2) is 16.1 Å². The van der Waals surface area contributed by atoms with Crippen molar-refractivity contribution in [1.82, 2.24) is 9.27 Å². The standard InChI is InChI=1S/C48H37BN2O2/c1-28(2)32-15-11-16-33(29(3)4)44(32)31-23-25-35-39(27-31)49-46-38(48(35)36-17-7-9-21-42(36)53-43-22-10-8-18-37(43)48)19-12-20-41(46)50-40-26-24-30-13-5-6-14-34(30)45(40)47(52)51(49)50/h5-29H,1-4H3. The van der Waals surface area contributed by atoms with Crippen molar-refractivity contribution < 1.29 is 4.74 Å². The third kappa shape index (κ3) is 3.79. The normalized spacial score (nSPS) is 14.3. The molecule has 0 N–H and O–H groups in total. The van der Waals surface area contributed by atoms with Crippen molar-refractivity contribution in [3.05, 3.63) is 183 Å². The highest BCUT2D eigenvalue weighted by Gasteiger charge is 2.55. The van der Waals surface area contributed by atoms with Crippen LogP contribution in [0.15, 0.2) is 144 Å². The highest BCUT2D eigenvalue weighted by molar-refractivity contribution is 6.87. The van der Waals surface area contributed by atoms with E-state index in [4.69, 9.17) is 4.74 Å². The van der Waals surface area contributed by atoms with Crippen LogP contribution in [0, 0.1) is 0 Å². The van der Waals surface area contributed by atoms with Crippen LogP contribution in [0.5, 0.6) is 11.5 Å². The van der Waals surface area contributed by atoms with Crippen molar-refractivity contribution in [2.45, 2.75) is 44.9 Å². The number of hydrogen-bond acceptors (Lipinski definition) is 2. The Morgan fingerprint density at radius 2 is 1.26 bits per heavy atom. The van der Waals surface area contributed by atoms with Gasteiger partial charge >= 0.3 is 6.85 Å². The van der Waals surface area contributed by atoms with Crippen LogP contribution < -0.4 is 21.2 Å². The van der Waals surface area contributed by atoms with Crippen molar-refractivity contribution in [3.8, 4) is 28.3 Å². The number of nitrogens with zero attached hydrogens (tertiary/aromatic N) is 2. The zero-order valence-corrected chi connectivity index (χ0v) is 30.2. The van der Waals surface area contributed by atoms with E-state index in [1.54, 1.807) is 0 Å². The summed E-state index contributed by atoms with van der Waals surface area (Å²) in [6.45, 7) is 8.82. The molecule has 1 spiro atoms. The third-order valence-corrected chi connectivity index (χ3v) is 12.2. The van der Waals surface area contributed by atoms with E-state index in [2.05, 4.69) is 164 Å². The first-order chi connectivity index (χ1) is 25.9. The van der Waals surface area contributed by atoms with Gasteiger partial charge < -0.3 is 4.74 Å². The van der Waals surface area contributed by atoms with Gasteiger partial charge in [0.05, 0.1) is 22.0 Å². The molecule has 0 radical (unpaired) electrons. The highest BCUT2D eigenvalue weighted by Crippen LogP contribution is 2.56. The zero-order chi connectivity index (χ0) is 35.7. The van der Waals surface area contributed by atoms with E-state index < -0.39 is 5.41 Å². The lowest BCUT2D eigenvalue weighted by molar-refractivity contribution is 0.435. The lowest BCUT2D eigenvalue weighted by Gasteiger charge is -2.46. The quantitative estimate of drug-likeness (QED) is 0.174. The van der Waals surface area contributed by atoms with Crippen molar-refractivity contribution in [2.75, 3.05) is 0 Å². The van der Waals surface area contributed by atoms with Gasteiger partial charge in [0.2, 0.25) is 0 Å². The van der Waals surface area contributed by atoms with Gasteiger partial charge in [0.15, 0.2) is 0 Å². The molecule has 4 nitrogen and oxygen atoms in total. The van der Waals surface area contributed by atoms with Gasteiger partial charge in [-0.2, -0.15) is 0 Å². The maximum atomic E-state index is 15.1. The molecule has 11 rings (SSSR count). The maximum Gasteiger partial charge on any atom is 0.354 e. The Labute approximate surface area is 309 Å². The van der Waals surface area contributed by atoms with E-state index in [0.29, 0.717) is 11.8 Å². The van der Waals surface area contributed by atoms with Crippen molar-refractivity contribution in [3.63, 3.8) is 0 Å². The molecule has 0 aliphatic carbocycles. The molecule has 0 bridgehead atoms. The van der Waals surface area contributed by atoms with Gasteiger partial charge in [-0.05, 0) is 91.2 Å². The Morgan fingerprint density at radius 3 is 1.98 bits per heavy atom. The van der Waals surface area contributed by atoms with Gasteiger partial charge in [0, 0.05) is 11.1 Å². The first-order valence-electron chi connectivity index (χ1n) is 18.8. The van der Waals surface area contributed by atoms with Gasteiger partial charge in [-0.3, -0.25) is 14.1 Å². The first-order valence-corrected chi connectivity index (χ1v) is 18.8. The topological polar surface area (TPSA) is 36.2 Å². The molecule has 0 amide bonds. The Morgan fingerprint density at radius 1 is 0.623 bits per heavy atom. The van der Waals surface area contributed by atoms with Crippen molar-refractivity contribution >= 4 is 39.4 Å². The monoisotopic (exact) mass is 684 g/mol. The fourth-order valence-corrected chi connectivity index (χ4v) is 10.1. The molecule has 0 unspecified atom stereocenters. The summed E-state index contributed by atoms with van der Waals surface area (Å²) in [6, 6.07) is 50.1. The van der Waals surface area contributed by atoms with E-state index in [9.17, 15) is 0 Å². The molecule has 7 aromatic carbocycles. The molecule has 8 aromatic rings. The SMILES string of the molecule is CC(C)c1cccc(C(C)C)c1-c1ccc2c(c1)B1c3c(cccc3C23c2ccccc2Oc2ccccc23)-n2c3ccc4ccccc4c3c(=O)n21. The lowest BCUT2D eigenvalue weighted by atomic mass is 9.40. The van der Waals surface area contributed by atoms with E-state index in [1.165, 1.54) is 38.8 Å². The molecular formula is C48H37BN2O2. The summed E-state index contributed by atoms with van der Waals surface area (Å²) < 4.78 is 11.0. The fourth-order valence-electron chi connectivity index (χ4n) is 10.1. The number of benzene rings is 7. The van der Waals surface area contributed by atoms with Gasteiger partial charge in [-0.15, -0.1) is 0 Å². The summed E-state index contributed by atoms with van der Waals surface area (Å²) in [7, 11) is 0. The van der Waals surface area contributed by atoms with Crippen LogP contribution in [0.3, 0.4) is 0 Å². The van der Waals surface area contributed by atoms with Crippen LogP contribution in [0.1, 0.15) is 72.9 Å². The summed E-state index contributed by atoms with van der Waals surface area (Å²) in [6.07, 6.45) is 0. The minimum atomic E-state index is -0.671. The smallest absolute Gasteiger partial charge is 0.354 e. The molecule has 0 saturated heterocycles. The van der Waals surface area contributed by atoms with E-state index in [0.717, 1.165) is 55.5 Å². The van der Waals surface area contributed by atoms with Gasteiger partial charge in [-0.1, -0.05) is 143 Å². The second-order valence-electron chi connectivity index (χ2n) is 15.6. The summed E-state index contributed by atoms with van der Waals surface area (Å²) in [5, 5.41) is 2.83. The molecule has 4 heterocycles. The Hall–Kier alpha value is -6.07. The minimum absolute atomic E-state index is 0.0366. The van der Waals surface area contributed by atoms with Crippen molar-refractivity contribution in [2.24, 2.45) is 0 Å². The molecule has 53 heavy (non-hydrogen) atoms. The van der Waals surface area contributed by atoms with E-state index in [-0.39, 0.29) is 12.4 Å². The summed E-state index contributed by atoms with van der Waals surface area (Å²) >= 11 is 0. The molecule has 3 aliphatic heterocycles. The molecule has 1 aromatic heterocycles. The number of fused-ring (bicyclic) bond motifs is 15. The van der Waals surface area contributed by atoms with Crippen LogP contribution in [0.25, 0.3) is 38.5 Å². The van der Waals surface area contributed by atoms with Crippen LogP contribution in [-0.2, 0) is 5.41 Å². The largest absolute Gasteiger partial charge is 0.457 e. The molecule has 0 fully saturated rings. The van der Waals surface area contributed by atoms with Crippen LogP contribution in [0.4, 0.5) is 0 Å². The average Bonchev–Trinajstić information content (AvgIpc) is 3.69. The molecule has 254 valence electrons.